The number of aliphatic hydroxyl groups excluding tert-OH is 1. The summed E-state index contributed by atoms with van der Waals surface area (Å²) < 4.78 is 4.57. The lowest BCUT2D eigenvalue weighted by atomic mass is 9.83. The molecule has 6 atom stereocenters. The summed E-state index contributed by atoms with van der Waals surface area (Å²) in [6.45, 7) is 3.90. The smallest absolute Gasteiger partial charge is 0.148 e. The third-order valence-electron chi connectivity index (χ3n) is 15.1. The number of nitrogens with one attached hydrogen (secondary N) is 3. The largest absolute Gasteiger partial charge is 0.387 e. The number of aromatic amines is 2. The van der Waals surface area contributed by atoms with Crippen LogP contribution in [-0.4, -0.2) is 60.4 Å². The van der Waals surface area contributed by atoms with Crippen molar-refractivity contribution in [1.82, 2.24) is 24.4 Å². The van der Waals surface area contributed by atoms with E-state index in [1.54, 1.807) is 0 Å². The first-order chi connectivity index (χ1) is 33.2. The number of para-hydroxylation sites is 4. The van der Waals surface area contributed by atoms with E-state index in [1.165, 1.54) is 22.2 Å². The molecule has 4 N–H and O–H groups in total. The Morgan fingerprint density at radius 2 is 0.941 bits per heavy atom. The van der Waals surface area contributed by atoms with Gasteiger partial charge >= 0.3 is 0 Å². The number of ketones is 4. The van der Waals surface area contributed by atoms with Gasteiger partial charge in [0.2, 0.25) is 0 Å². The van der Waals surface area contributed by atoms with E-state index in [4.69, 9.17) is 0 Å². The summed E-state index contributed by atoms with van der Waals surface area (Å²) in [6.07, 6.45) is 12.1. The van der Waals surface area contributed by atoms with E-state index in [9.17, 15) is 24.3 Å². The van der Waals surface area contributed by atoms with Crippen molar-refractivity contribution >= 4 is 66.7 Å². The van der Waals surface area contributed by atoms with Crippen molar-refractivity contribution in [2.24, 2.45) is 0 Å². The lowest BCUT2D eigenvalue weighted by Crippen LogP contribution is -2.28. The maximum absolute atomic E-state index is 13.0. The van der Waals surface area contributed by atoms with Crippen LogP contribution in [0.3, 0.4) is 0 Å². The molecular formula is C58H55N5O5. The molecule has 6 heterocycles. The molecule has 13 rings (SSSR count). The van der Waals surface area contributed by atoms with Gasteiger partial charge in [-0.1, -0.05) is 103 Å². The molecule has 0 unspecified atom stereocenters. The Hall–Kier alpha value is -7.14. The van der Waals surface area contributed by atoms with Gasteiger partial charge in [-0.15, -0.1) is 0 Å². The summed E-state index contributed by atoms with van der Waals surface area (Å²) in [5, 5.41) is 17.1. The Balaban J connectivity index is 0.000000121. The average Bonchev–Trinajstić information content (AvgIpc) is 4.23. The van der Waals surface area contributed by atoms with Crippen LogP contribution in [0.25, 0.3) is 43.6 Å². The fourth-order valence-electron chi connectivity index (χ4n) is 11.8. The highest BCUT2D eigenvalue weighted by molar-refractivity contribution is 6.17. The number of hydrogen-bond acceptors (Lipinski definition) is 6. The number of aliphatic hydroxyl groups is 1. The van der Waals surface area contributed by atoms with Crippen LogP contribution in [0.5, 0.6) is 0 Å². The van der Waals surface area contributed by atoms with Gasteiger partial charge in [0.25, 0.3) is 0 Å². The first kappa shape index (κ1) is 43.4. The van der Waals surface area contributed by atoms with Crippen molar-refractivity contribution in [3.8, 4) is 0 Å². The molecule has 2 aliphatic heterocycles. The van der Waals surface area contributed by atoms with Crippen LogP contribution in [0.2, 0.25) is 0 Å². The summed E-state index contributed by atoms with van der Waals surface area (Å²) in [7, 11) is 1.84. The Morgan fingerprint density at radius 3 is 1.40 bits per heavy atom. The zero-order valence-electron chi connectivity index (χ0n) is 38.4. The molecular weight excluding hydrogens is 847 g/mol. The van der Waals surface area contributed by atoms with Gasteiger partial charge in [-0.2, -0.15) is 0 Å². The number of aryl methyl sites for hydroxylation is 4. The van der Waals surface area contributed by atoms with Crippen LogP contribution < -0.4 is 5.32 Å². The Labute approximate surface area is 394 Å². The van der Waals surface area contributed by atoms with E-state index >= 15 is 0 Å². The van der Waals surface area contributed by atoms with E-state index in [-0.39, 0.29) is 42.0 Å². The average molecular weight is 902 g/mol. The van der Waals surface area contributed by atoms with Crippen molar-refractivity contribution in [3.05, 3.63) is 179 Å². The number of aromatic nitrogens is 4. The van der Waals surface area contributed by atoms with Gasteiger partial charge in [0.05, 0.1) is 53.7 Å². The molecule has 0 spiro atoms. The maximum Gasteiger partial charge on any atom is 0.148 e. The molecule has 4 aromatic heterocycles. The number of H-pyrrole nitrogens is 2. The number of Topliss-reactive ketones (excluding diaryl/α,β-unsaturated/α-hetero) is 4. The summed E-state index contributed by atoms with van der Waals surface area (Å²) in [6, 6.07) is 38.5. The maximum atomic E-state index is 13.0. The van der Waals surface area contributed by atoms with E-state index in [0.29, 0.717) is 0 Å². The lowest BCUT2D eigenvalue weighted by molar-refractivity contribution is -0.123. The van der Waals surface area contributed by atoms with Gasteiger partial charge in [0.1, 0.15) is 23.1 Å². The molecule has 4 aliphatic rings. The predicted octanol–water partition coefficient (Wildman–Crippen LogP) is 10.3. The van der Waals surface area contributed by atoms with Crippen LogP contribution in [0.1, 0.15) is 101 Å². The molecule has 2 saturated carbocycles. The van der Waals surface area contributed by atoms with Crippen LogP contribution in [0, 0.1) is 0 Å². The van der Waals surface area contributed by atoms with Gasteiger partial charge < -0.3 is 29.5 Å². The highest BCUT2D eigenvalue weighted by Crippen LogP contribution is 2.48. The van der Waals surface area contributed by atoms with Crippen molar-refractivity contribution in [2.45, 2.75) is 94.4 Å². The van der Waals surface area contributed by atoms with E-state index < -0.39 is 29.8 Å². The highest BCUT2D eigenvalue weighted by atomic mass is 16.3. The predicted molar refractivity (Wildman–Crippen MR) is 267 cm³/mol. The minimum Gasteiger partial charge on any atom is -0.387 e. The third kappa shape index (κ3) is 7.43. The molecule has 0 amide bonds. The number of carbonyl (C=O) groups excluding carboxylic acids is 4. The minimum absolute atomic E-state index is 0.0290. The Bertz CT molecular complexity index is 3210. The highest BCUT2D eigenvalue weighted by Gasteiger charge is 2.47. The second-order valence-corrected chi connectivity index (χ2v) is 19.0. The fraction of sp³-hybridized carbons (Fsp3) is 0.276. The number of likely N-dealkylation sites (N-methyl/N-ethyl adjacent to an activating group) is 1. The zero-order valence-corrected chi connectivity index (χ0v) is 38.4. The fourth-order valence-corrected chi connectivity index (χ4v) is 11.8. The van der Waals surface area contributed by atoms with Crippen molar-refractivity contribution in [2.75, 3.05) is 7.05 Å². The van der Waals surface area contributed by atoms with Crippen LogP contribution in [0.4, 0.5) is 0 Å². The molecule has 68 heavy (non-hydrogen) atoms. The third-order valence-corrected chi connectivity index (χ3v) is 15.1. The van der Waals surface area contributed by atoms with Gasteiger partial charge in [0, 0.05) is 76.5 Å². The Kier molecular flexibility index (Phi) is 11.4. The van der Waals surface area contributed by atoms with E-state index in [2.05, 4.69) is 73.2 Å². The summed E-state index contributed by atoms with van der Waals surface area (Å²) >= 11 is 0. The number of carbonyl (C=O) groups is 4. The van der Waals surface area contributed by atoms with Crippen molar-refractivity contribution in [3.63, 3.8) is 0 Å². The molecule has 9 aromatic rings. The summed E-state index contributed by atoms with van der Waals surface area (Å²) in [4.78, 5) is 58.5. The quantitative estimate of drug-likeness (QED) is 0.117. The van der Waals surface area contributed by atoms with Crippen molar-refractivity contribution in [1.29, 1.82) is 0 Å². The normalized spacial score (nSPS) is 20.8. The molecule has 0 bridgehead atoms. The number of nitrogens with zero attached hydrogens (tertiary/aromatic N) is 2. The molecule has 10 heteroatoms. The molecule has 10 nitrogen and oxygen atoms in total. The first-order valence-electron chi connectivity index (χ1n) is 24.0. The van der Waals surface area contributed by atoms with Gasteiger partial charge in [-0.3, -0.25) is 19.2 Å². The second-order valence-electron chi connectivity index (χ2n) is 19.0. The molecule has 2 aliphatic carbocycles. The summed E-state index contributed by atoms with van der Waals surface area (Å²) in [5.41, 5.74) is 12.1. The number of benzene rings is 5. The molecule has 5 aromatic carbocycles. The van der Waals surface area contributed by atoms with E-state index in [0.717, 1.165) is 99.2 Å². The Morgan fingerprint density at radius 1 is 0.529 bits per heavy atom. The molecule has 2 fully saturated rings. The van der Waals surface area contributed by atoms with E-state index in [1.807, 2.05) is 105 Å². The van der Waals surface area contributed by atoms with Gasteiger partial charge in [-0.25, -0.2) is 0 Å². The number of hydrogen-bond donors (Lipinski definition) is 4. The first-order valence-corrected chi connectivity index (χ1v) is 24.0. The molecule has 342 valence electrons. The second kappa shape index (κ2) is 17.8. The minimum atomic E-state index is -0.420. The topological polar surface area (TPSA) is 142 Å². The summed E-state index contributed by atoms with van der Waals surface area (Å²) in [5.74, 6) is -1.46. The number of rotatable bonds is 7. The molecule has 0 radical (unpaired) electrons. The molecule has 0 saturated heterocycles. The standard InChI is InChI=1S/2C24H20N2O2.C10H15NO/c2*27-20-11-21(28)23(22(20)17-12-25-19-9-2-1-7-15(17)19)18-13-26-10-4-6-14-5-3-8-16(18)24(14)26;1-8(11-2)10(12)9-6-4-3-5-7-9/h2*1-3,5,7-9,12-13,22-23,25H,4,6,10-11H2;3-8,10-12H,1-2H3/t2*22-,23-;8-,10+/m110/s1. The SMILES string of the molecule is CN[C@@H](C)[C@@H](O)c1ccccc1.O=C1CC(=O)[C@@H](c2cn3c4c(cccc24)CCC3)[C@@H]1c1c[nH]c2ccccc12.O=C1CC(=O)[C@@H](c2cn3c4c(cccc24)CCC3)[C@@H]1c1c[nH]c2ccccc12. The van der Waals surface area contributed by atoms with Crippen LogP contribution in [-0.2, 0) is 45.1 Å². The lowest BCUT2D eigenvalue weighted by Gasteiger charge is -2.17. The van der Waals surface area contributed by atoms with Crippen LogP contribution >= 0.6 is 0 Å². The number of fused-ring (bicyclic) bond motifs is 2. The van der Waals surface area contributed by atoms with Crippen LogP contribution in [0.15, 0.2) is 140 Å². The van der Waals surface area contributed by atoms with Crippen molar-refractivity contribution < 1.29 is 24.3 Å². The van der Waals surface area contributed by atoms with Gasteiger partial charge in [-0.05, 0) is 90.7 Å². The zero-order chi connectivity index (χ0) is 46.6. The monoisotopic (exact) mass is 901 g/mol. The van der Waals surface area contributed by atoms with Gasteiger partial charge in [0.15, 0.2) is 0 Å².